The Balaban J connectivity index is 1.96. The number of ether oxygens (including phenoxy) is 1. The van der Waals surface area contributed by atoms with E-state index in [-0.39, 0.29) is 16.8 Å². The van der Waals surface area contributed by atoms with Gasteiger partial charge in [0, 0.05) is 22.7 Å². The van der Waals surface area contributed by atoms with Gasteiger partial charge < -0.3 is 4.74 Å². The Morgan fingerprint density at radius 3 is 2.09 bits per heavy atom. The first kappa shape index (κ1) is 15.7. The number of nitro benzene ring substituents is 1. The molecule has 2 aromatic carbocycles. The van der Waals surface area contributed by atoms with Crippen molar-refractivity contribution in [2.24, 2.45) is 0 Å². The molecular formula is C15H10ClNO5. The van der Waals surface area contributed by atoms with E-state index in [9.17, 15) is 19.7 Å². The number of hydrogen-bond donors (Lipinski definition) is 0. The van der Waals surface area contributed by atoms with Gasteiger partial charge in [-0.15, -0.1) is 0 Å². The Bertz CT molecular complexity index is 710. The zero-order valence-corrected chi connectivity index (χ0v) is 11.9. The second-order valence-electron chi connectivity index (χ2n) is 4.31. The summed E-state index contributed by atoms with van der Waals surface area (Å²) in [6.07, 6.45) is 0. The van der Waals surface area contributed by atoms with Crippen molar-refractivity contribution in [2.75, 3.05) is 6.61 Å². The van der Waals surface area contributed by atoms with E-state index < -0.39 is 23.3 Å². The molecule has 0 atom stereocenters. The van der Waals surface area contributed by atoms with E-state index in [1.807, 2.05) is 0 Å². The molecule has 0 amide bonds. The number of nitro groups is 1. The van der Waals surface area contributed by atoms with Gasteiger partial charge >= 0.3 is 5.97 Å². The van der Waals surface area contributed by atoms with Crippen LogP contribution in [0.4, 0.5) is 5.69 Å². The van der Waals surface area contributed by atoms with Gasteiger partial charge in [-0.3, -0.25) is 14.9 Å². The summed E-state index contributed by atoms with van der Waals surface area (Å²) >= 11 is 5.70. The summed E-state index contributed by atoms with van der Waals surface area (Å²) in [7, 11) is 0. The molecule has 0 N–H and O–H groups in total. The monoisotopic (exact) mass is 319 g/mol. The standard InChI is InChI=1S/C15H10ClNO5/c16-12-5-1-11(2-6-12)15(19)22-9-14(18)10-3-7-13(8-4-10)17(20)21/h1-8H,9H2. The molecule has 0 saturated carbocycles. The molecule has 0 radical (unpaired) electrons. The summed E-state index contributed by atoms with van der Waals surface area (Å²) in [5, 5.41) is 11.0. The topological polar surface area (TPSA) is 86.5 Å². The van der Waals surface area contributed by atoms with Crippen molar-refractivity contribution in [3.8, 4) is 0 Å². The number of rotatable bonds is 5. The van der Waals surface area contributed by atoms with E-state index in [1.165, 1.54) is 48.5 Å². The van der Waals surface area contributed by atoms with Crippen molar-refractivity contribution in [1.82, 2.24) is 0 Å². The number of hydrogen-bond acceptors (Lipinski definition) is 5. The summed E-state index contributed by atoms with van der Waals surface area (Å²) < 4.78 is 4.90. The summed E-state index contributed by atoms with van der Waals surface area (Å²) in [6, 6.07) is 11.1. The van der Waals surface area contributed by atoms with Crippen LogP contribution in [0.1, 0.15) is 20.7 Å². The Morgan fingerprint density at radius 1 is 1.00 bits per heavy atom. The van der Waals surface area contributed by atoms with Crippen LogP contribution in [0.2, 0.25) is 5.02 Å². The van der Waals surface area contributed by atoms with Gasteiger partial charge in [0.2, 0.25) is 0 Å². The maximum absolute atomic E-state index is 11.8. The highest BCUT2D eigenvalue weighted by atomic mass is 35.5. The average Bonchev–Trinajstić information content (AvgIpc) is 2.53. The lowest BCUT2D eigenvalue weighted by molar-refractivity contribution is -0.384. The van der Waals surface area contributed by atoms with Crippen LogP contribution in [0.5, 0.6) is 0 Å². The van der Waals surface area contributed by atoms with Crippen molar-refractivity contribution in [2.45, 2.75) is 0 Å². The molecule has 0 unspecified atom stereocenters. The maximum atomic E-state index is 11.8. The fourth-order valence-corrected chi connectivity index (χ4v) is 1.78. The molecular weight excluding hydrogens is 310 g/mol. The fraction of sp³-hybridized carbons (Fsp3) is 0.0667. The first-order valence-electron chi connectivity index (χ1n) is 6.18. The molecule has 0 aliphatic carbocycles. The summed E-state index contributed by atoms with van der Waals surface area (Å²) in [4.78, 5) is 33.5. The minimum atomic E-state index is -0.646. The summed E-state index contributed by atoms with van der Waals surface area (Å²) in [6.45, 7) is -0.445. The lowest BCUT2D eigenvalue weighted by Crippen LogP contribution is -2.14. The molecule has 0 bridgehead atoms. The maximum Gasteiger partial charge on any atom is 0.338 e. The molecule has 0 heterocycles. The lowest BCUT2D eigenvalue weighted by atomic mass is 10.1. The van der Waals surface area contributed by atoms with Gasteiger partial charge in [0.25, 0.3) is 5.69 Å². The third-order valence-electron chi connectivity index (χ3n) is 2.81. The first-order valence-corrected chi connectivity index (χ1v) is 6.55. The second-order valence-corrected chi connectivity index (χ2v) is 4.75. The van der Waals surface area contributed by atoms with E-state index in [2.05, 4.69) is 0 Å². The quantitative estimate of drug-likeness (QED) is 0.365. The van der Waals surface area contributed by atoms with Crippen LogP contribution < -0.4 is 0 Å². The highest BCUT2D eigenvalue weighted by Gasteiger charge is 2.13. The third kappa shape index (κ3) is 3.89. The molecule has 6 nitrogen and oxygen atoms in total. The Kier molecular flexibility index (Phi) is 4.85. The van der Waals surface area contributed by atoms with Crippen LogP contribution in [-0.4, -0.2) is 23.3 Å². The molecule has 112 valence electrons. The SMILES string of the molecule is O=C(COC(=O)c1ccc(Cl)cc1)c1ccc([N+](=O)[O-])cc1. The molecule has 22 heavy (non-hydrogen) atoms. The molecule has 0 aliphatic rings. The van der Waals surface area contributed by atoms with Gasteiger partial charge in [0.15, 0.2) is 12.4 Å². The highest BCUT2D eigenvalue weighted by Crippen LogP contribution is 2.13. The number of benzene rings is 2. The highest BCUT2D eigenvalue weighted by molar-refractivity contribution is 6.30. The van der Waals surface area contributed by atoms with Crippen LogP contribution in [0, 0.1) is 10.1 Å². The van der Waals surface area contributed by atoms with Crippen molar-refractivity contribution < 1.29 is 19.2 Å². The molecule has 2 rings (SSSR count). The molecule has 0 aliphatic heterocycles. The number of carbonyl (C=O) groups excluding carboxylic acids is 2. The number of Topliss-reactive ketones (excluding diaryl/α,β-unsaturated/α-hetero) is 1. The smallest absolute Gasteiger partial charge is 0.338 e. The number of halogens is 1. The van der Waals surface area contributed by atoms with E-state index in [4.69, 9.17) is 16.3 Å². The van der Waals surface area contributed by atoms with Gasteiger partial charge in [-0.05, 0) is 36.4 Å². The Morgan fingerprint density at radius 2 is 1.55 bits per heavy atom. The largest absolute Gasteiger partial charge is 0.454 e. The third-order valence-corrected chi connectivity index (χ3v) is 3.07. The first-order chi connectivity index (χ1) is 10.5. The van der Waals surface area contributed by atoms with Crippen molar-refractivity contribution in [3.63, 3.8) is 0 Å². The molecule has 2 aromatic rings. The van der Waals surface area contributed by atoms with Gasteiger partial charge in [0.1, 0.15) is 0 Å². The number of non-ortho nitro benzene ring substituents is 1. The van der Waals surface area contributed by atoms with Crippen LogP contribution >= 0.6 is 11.6 Å². The van der Waals surface area contributed by atoms with Crippen molar-refractivity contribution in [1.29, 1.82) is 0 Å². The van der Waals surface area contributed by atoms with Crippen LogP contribution in [0.25, 0.3) is 0 Å². The molecule has 0 saturated heterocycles. The Labute approximate surface area is 130 Å². The minimum absolute atomic E-state index is 0.116. The van der Waals surface area contributed by atoms with Crippen LogP contribution in [0.15, 0.2) is 48.5 Å². The number of nitrogens with zero attached hydrogens (tertiary/aromatic N) is 1. The lowest BCUT2D eigenvalue weighted by Gasteiger charge is -2.04. The summed E-state index contributed by atoms with van der Waals surface area (Å²) in [5.74, 6) is -1.09. The van der Waals surface area contributed by atoms with Gasteiger partial charge in [0.05, 0.1) is 10.5 Å². The predicted molar refractivity (Wildman–Crippen MR) is 79.2 cm³/mol. The van der Waals surface area contributed by atoms with Crippen LogP contribution in [0.3, 0.4) is 0 Å². The Hall–Kier alpha value is -2.73. The molecule has 7 heteroatoms. The number of ketones is 1. The molecule has 0 fully saturated rings. The zero-order chi connectivity index (χ0) is 16.1. The van der Waals surface area contributed by atoms with E-state index in [0.29, 0.717) is 5.02 Å². The average molecular weight is 320 g/mol. The summed E-state index contributed by atoms with van der Waals surface area (Å²) in [5.41, 5.74) is 0.394. The second kappa shape index (κ2) is 6.82. The number of carbonyl (C=O) groups is 2. The normalized spacial score (nSPS) is 10.0. The fourth-order valence-electron chi connectivity index (χ4n) is 1.65. The number of esters is 1. The van der Waals surface area contributed by atoms with Gasteiger partial charge in [-0.2, -0.15) is 0 Å². The van der Waals surface area contributed by atoms with Gasteiger partial charge in [-0.25, -0.2) is 4.79 Å². The van der Waals surface area contributed by atoms with Gasteiger partial charge in [-0.1, -0.05) is 11.6 Å². The molecule has 0 aromatic heterocycles. The van der Waals surface area contributed by atoms with Crippen molar-refractivity contribution in [3.05, 3.63) is 74.8 Å². The van der Waals surface area contributed by atoms with E-state index in [0.717, 1.165) is 0 Å². The van der Waals surface area contributed by atoms with E-state index >= 15 is 0 Å². The van der Waals surface area contributed by atoms with Crippen LogP contribution in [-0.2, 0) is 4.74 Å². The van der Waals surface area contributed by atoms with E-state index in [1.54, 1.807) is 0 Å². The molecule has 0 spiro atoms. The predicted octanol–water partition coefficient (Wildman–Crippen LogP) is 3.29. The zero-order valence-electron chi connectivity index (χ0n) is 11.2. The minimum Gasteiger partial charge on any atom is -0.454 e. The van der Waals surface area contributed by atoms with Crippen molar-refractivity contribution >= 4 is 29.0 Å².